The van der Waals surface area contributed by atoms with Gasteiger partial charge in [0.05, 0.1) is 25.9 Å². The molecule has 0 aliphatic rings. The van der Waals surface area contributed by atoms with Gasteiger partial charge in [-0.25, -0.2) is 9.48 Å². The van der Waals surface area contributed by atoms with E-state index in [0.717, 1.165) is 35.4 Å². The van der Waals surface area contributed by atoms with Crippen molar-refractivity contribution in [2.45, 2.75) is 13.0 Å². The number of anilines is 1. The number of hydrogen-bond donors (Lipinski definition) is 2. The zero-order valence-electron chi connectivity index (χ0n) is 21.5. The lowest BCUT2D eigenvalue weighted by Crippen LogP contribution is -2.15. The number of carboxylic acids is 1. The zero-order chi connectivity index (χ0) is 26.6. The van der Waals surface area contributed by atoms with Gasteiger partial charge in [0.2, 0.25) is 5.88 Å². The number of nitrogens with two attached hydrogens (primary N) is 1. The van der Waals surface area contributed by atoms with Gasteiger partial charge in [-0.05, 0) is 49.3 Å². The van der Waals surface area contributed by atoms with Crippen LogP contribution in [0.15, 0.2) is 84.9 Å². The Hall–Kier alpha value is -4.30. The Kier molecular flexibility index (Phi) is 10.1. The number of methoxy groups -OCH3 is 1. The molecule has 4 aromatic rings. The second-order valence-electron chi connectivity index (χ2n) is 8.64. The van der Waals surface area contributed by atoms with Crippen LogP contribution in [-0.4, -0.2) is 60.1 Å². The Bertz CT molecular complexity index is 1260. The summed E-state index contributed by atoms with van der Waals surface area (Å²) in [4.78, 5) is 13.4. The quantitative estimate of drug-likeness (QED) is 0.235. The van der Waals surface area contributed by atoms with E-state index in [4.69, 9.17) is 15.2 Å². The second kappa shape index (κ2) is 13.7. The van der Waals surface area contributed by atoms with Crippen LogP contribution in [-0.2, 0) is 6.54 Å². The number of carboxylic acid groups (broad SMARTS) is 1. The molecule has 0 bridgehead atoms. The largest absolute Gasteiger partial charge is 0.495 e. The number of nitrogen functional groups attached to an aromatic ring is 1. The molecule has 0 unspecified atom stereocenters. The van der Waals surface area contributed by atoms with E-state index >= 15 is 0 Å². The summed E-state index contributed by atoms with van der Waals surface area (Å²) in [5, 5.41) is 13.5. The molecule has 0 spiro atoms. The molecule has 1 heterocycles. The molecule has 8 heteroatoms. The van der Waals surface area contributed by atoms with E-state index < -0.39 is 5.97 Å². The van der Waals surface area contributed by atoms with Crippen molar-refractivity contribution in [2.24, 2.45) is 0 Å². The maximum atomic E-state index is 11.3. The smallest absolute Gasteiger partial charge is 0.354 e. The highest BCUT2D eigenvalue weighted by Crippen LogP contribution is 2.27. The van der Waals surface area contributed by atoms with E-state index in [9.17, 15) is 9.90 Å². The van der Waals surface area contributed by atoms with Crippen LogP contribution in [0, 0.1) is 0 Å². The molecule has 194 valence electrons. The van der Waals surface area contributed by atoms with Crippen molar-refractivity contribution >= 4 is 11.7 Å². The predicted molar refractivity (Wildman–Crippen MR) is 146 cm³/mol. The van der Waals surface area contributed by atoms with Crippen molar-refractivity contribution in [1.82, 2.24) is 14.7 Å². The van der Waals surface area contributed by atoms with Crippen molar-refractivity contribution < 1.29 is 19.4 Å². The van der Waals surface area contributed by atoms with Gasteiger partial charge in [-0.3, -0.25) is 0 Å². The average molecular weight is 503 g/mol. The first-order valence-electron chi connectivity index (χ1n) is 12.0. The number of aromatic carboxylic acids is 1. The van der Waals surface area contributed by atoms with Crippen molar-refractivity contribution in [3.63, 3.8) is 0 Å². The molecule has 8 nitrogen and oxygen atoms in total. The fourth-order valence-electron chi connectivity index (χ4n) is 3.61. The molecule has 0 fully saturated rings. The lowest BCUT2D eigenvalue weighted by molar-refractivity contribution is 0.0684. The van der Waals surface area contributed by atoms with Crippen LogP contribution in [0.4, 0.5) is 5.69 Å². The minimum Gasteiger partial charge on any atom is -0.495 e. The van der Waals surface area contributed by atoms with Crippen molar-refractivity contribution in [3.05, 3.63) is 96.2 Å². The molecular formula is C29H34N4O4. The Morgan fingerprint density at radius 2 is 1.65 bits per heavy atom. The summed E-state index contributed by atoms with van der Waals surface area (Å²) in [6.45, 7) is 1.83. The van der Waals surface area contributed by atoms with Gasteiger partial charge < -0.3 is 25.2 Å². The van der Waals surface area contributed by atoms with Crippen LogP contribution in [0.3, 0.4) is 0 Å². The summed E-state index contributed by atoms with van der Waals surface area (Å²) in [5.41, 5.74) is 9.90. The summed E-state index contributed by atoms with van der Waals surface area (Å²) in [5.74, 6) is 0.0633. The third kappa shape index (κ3) is 8.40. The molecule has 0 aliphatic heterocycles. The second-order valence-corrected chi connectivity index (χ2v) is 8.64. The molecule has 0 radical (unpaired) electrons. The van der Waals surface area contributed by atoms with E-state index in [1.54, 1.807) is 7.11 Å². The number of nitrogens with zero attached hydrogens (tertiary/aromatic N) is 3. The van der Waals surface area contributed by atoms with Crippen LogP contribution in [0.5, 0.6) is 11.6 Å². The maximum absolute atomic E-state index is 11.3. The van der Waals surface area contributed by atoms with Crippen LogP contribution < -0.4 is 15.2 Å². The molecule has 3 N–H and O–H groups in total. The number of carbonyl (C=O) groups is 1. The average Bonchev–Trinajstić information content (AvgIpc) is 3.31. The molecule has 0 amide bonds. The molecule has 0 saturated heterocycles. The Morgan fingerprint density at radius 3 is 2.24 bits per heavy atom. The van der Waals surface area contributed by atoms with Gasteiger partial charge in [-0.1, -0.05) is 66.7 Å². The minimum absolute atomic E-state index is 0.131. The third-order valence-corrected chi connectivity index (χ3v) is 5.49. The standard InChI is InChI=1S/C16H21N3O3.C13H13NO/c1-18(2)9-6-10-22-15-11-14(16(20)21)19(17-15)12-13-7-4-3-5-8-13;1-15-13-8-7-11(9-12(13)14)10-5-3-2-4-6-10/h3-5,7-8,11H,6,9-10,12H2,1-2H3,(H,20,21);2-9H,14H2,1H3. The fraction of sp³-hybridized carbons (Fsp3) is 0.241. The Morgan fingerprint density at radius 1 is 0.973 bits per heavy atom. The van der Waals surface area contributed by atoms with Gasteiger partial charge in [0, 0.05) is 12.6 Å². The third-order valence-electron chi connectivity index (χ3n) is 5.49. The molecular weight excluding hydrogens is 468 g/mol. The summed E-state index contributed by atoms with van der Waals surface area (Å²) in [7, 11) is 5.61. The number of benzene rings is 3. The normalized spacial score (nSPS) is 10.5. The first-order chi connectivity index (χ1) is 17.9. The van der Waals surface area contributed by atoms with Crippen LogP contribution >= 0.6 is 0 Å². The molecule has 4 rings (SSSR count). The number of ether oxygens (including phenoxy) is 2. The summed E-state index contributed by atoms with van der Waals surface area (Å²) < 4.78 is 12.1. The van der Waals surface area contributed by atoms with Gasteiger partial charge in [-0.15, -0.1) is 5.10 Å². The van der Waals surface area contributed by atoms with Crippen LogP contribution in [0.2, 0.25) is 0 Å². The van der Waals surface area contributed by atoms with Crippen molar-refractivity contribution in [3.8, 4) is 22.8 Å². The lowest BCUT2D eigenvalue weighted by Gasteiger charge is -2.08. The van der Waals surface area contributed by atoms with Crippen molar-refractivity contribution in [2.75, 3.05) is 40.1 Å². The first kappa shape index (κ1) is 27.3. The van der Waals surface area contributed by atoms with Crippen molar-refractivity contribution in [1.29, 1.82) is 0 Å². The van der Waals surface area contributed by atoms with Gasteiger partial charge in [-0.2, -0.15) is 0 Å². The monoisotopic (exact) mass is 502 g/mol. The van der Waals surface area contributed by atoms with Gasteiger partial charge in [0.25, 0.3) is 0 Å². The molecule has 3 aromatic carbocycles. The van der Waals surface area contributed by atoms with E-state index in [-0.39, 0.29) is 5.69 Å². The van der Waals surface area contributed by atoms with Gasteiger partial charge in [0.15, 0.2) is 5.69 Å². The highest BCUT2D eigenvalue weighted by molar-refractivity contribution is 5.86. The summed E-state index contributed by atoms with van der Waals surface area (Å²) in [6, 6.07) is 27.0. The van der Waals surface area contributed by atoms with E-state index in [2.05, 4.69) is 22.1 Å². The van der Waals surface area contributed by atoms with Gasteiger partial charge in [0.1, 0.15) is 5.75 Å². The van der Waals surface area contributed by atoms with E-state index in [0.29, 0.717) is 24.7 Å². The Labute approximate surface area is 217 Å². The Balaban J connectivity index is 0.000000220. The highest BCUT2D eigenvalue weighted by Gasteiger charge is 2.15. The number of hydrogen-bond acceptors (Lipinski definition) is 6. The van der Waals surface area contributed by atoms with E-state index in [1.807, 2.05) is 80.8 Å². The SMILES string of the molecule is CN(C)CCCOc1cc(C(=O)O)n(Cc2ccccc2)n1.COc1ccc(-c2ccccc2)cc1N. The first-order valence-corrected chi connectivity index (χ1v) is 12.0. The maximum Gasteiger partial charge on any atom is 0.354 e. The predicted octanol–water partition coefficient (Wildman–Crippen LogP) is 4.90. The number of aromatic nitrogens is 2. The van der Waals surface area contributed by atoms with Gasteiger partial charge >= 0.3 is 5.97 Å². The van der Waals surface area contributed by atoms with Crippen LogP contribution in [0.25, 0.3) is 11.1 Å². The van der Waals surface area contributed by atoms with E-state index in [1.165, 1.54) is 10.7 Å². The number of rotatable bonds is 10. The summed E-state index contributed by atoms with van der Waals surface area (Å²) >= 11 is 0. The highest BCUT2D eigenvalue weighted by atomic mass is 16.5. The molecule has 0 atom stereocenters. The molecule has 1 aromatic heterocycles. The summed E-state index contributed by atoms with van der Waals surface area (Å²) in [6.07, 6.45) is 0.862. The van der Waals surface area contributed by atoms with Crippen LogP contribution in [0.1, 0.15) is 22.5 Å². The lowest BCUT2D eigenvalue weighted by atomic mass is 10.1. The molecule has 0 saturated carbocycles. The topological polar surface area (TPSA) is 103 Å². The fourth-order valence-corrected chi connectivity index (χ4v) is 3.61. The zero-order valence-corrected chi connectivity index (χ0v) is 21.5. The molecule has 37 heavy (non-hydrogen) atoms. The minimum atomic E-state index is -1.01. The molecule has 0 aliphatic carbocycles.